The van der Waals surface area contributed by atoms with Gasteiger partial charge in [-0.05, 0) is 56.8 Å². The van der Waals surface area contributed by atoms with Gasteiger partial charge in [0.25, 0.3) is 0 Å². The monoisotopic (exact) mass is 444 g/mol. The molecule has 0 atom stereocenters. The van der Waals surface area contributed by atoms with Gasteiger partial charge in [0.05, 0.1) is 0 Å². The number of fused-ring (bicyclic) bond motifs is 1. The number of hydrogen-bond donors (Lipinski definition) is 2. The van der Waals surface area contributed by atoms with Gasteiger partial charge in [-0.3, -0.25) is 0 Å². The normalized spacial score (nSPS) is 20.0. The van der Waals surface area contributed by atoms with Gasteiger partial charge in [0.15, 0.2) is 11.8 Å². The topological polar surface area (TPSA) is 67.1 Å². The first-order valence-electron chi connectivity index (χ1n) is 9.28. The van der Waals surface area contributed by atoms with Crippen molar-refractivity contribution in [2.45, 2.75) is 58.5 Å². The number of guanidine groups is 1. The van der Waals surface area contributed by atoms with E-state index in [2.05, 4.69) is 32.3 Å². The van der Waals surface area contributed by atoms with Crippen LogP contribution < -0.4 is 10.6 Å². The number of nitrogens with one attached hydrogen (secondary N) is 2. The lowest BCUT2D eigenvalue weighted by atomic mass is 9.98. The van der Waals surface area contributed by atoms with Crippen molar-refractivity contribution in [3.63, 3.8) is 0 Å². The first kappa shape index (κ1) is 17.9. The summed E-state index contributed by atoms with van der Waals surface area (Å²) in [6, 6.07) is 0. The van der Waals surface area contributed by atoms with Gasteiger partial charge in [0.2, 0.25) is 0 Å². The second-order valence-electron chi connectivity index (χ2n) is 7.20. The van der Waals surface area contributed by atoms with Crippen molar-refractivity contribution in [2.75, 3.05) is 13.1 Å². The maximum Gasteiger partial charge on any atom is 0.191 e. The average molecular weight is 444 g/mol. The molecule has 1 aromatic rings. The molecule has 6 nitrogen and oxygen atoms in total. The summed E-state index contributed by atoms with van der Waals surface area (Å²) in [6.07, 6.45) is 7.97. The Bertz CT molecular complexity index is 564. The molecule has 7 heteroatoms. The molecule has 2 fully saturated rings. The number of aryl methyl sites for hydroxylation is 1. The van der Waals surface area contributed by atoms with Crippen LogP contribution >= 0.6 is 24.0 Å². The molecular weight excluding hydrogens is 415 g/mol. The molecule has 2 saturated carbocycles. The second-order valence-corrected chi connectivity index (χ2v) is 7.20. The molecule has 4 rings (SSSR count). The van der Waals surface area contributed by atoms with E-state index in [0.29, 0.717) is 6.54 Å². The third kappa shape index (κ3) is 4.21. The van der Waals surface area contributed by atoms with Crippen LogP contribution in [-0.2, 0) is 19.5 Å². The van der Waals surface area contributed by atoms with Gasteiger partial charge >= 0.3 is 0 Å². The molecule has 0 unspecified atom stereocenters. The van der Waals surface area contributed by atoms with E-state index in [4.69, 9.17) is 4.99 Å². The Morgan fingerprint density at radius 2 is 1.96 bits per heavy atom. The minimum atomic E-state index is 0. The number of rotatable bonds is 7. The van der Waals surface area contributed by atoms with Gasteiger partial charge in [-0.1, -0.05) is 0 Å². The van der Waals surface area contributed by atoms with E-state index < -0.39 is 0 Å². The summed E-state index contributed by atoms with van der Waals surface area (Å²) < 4.78 is 2.23. The molecule has 0 aromatic carbocycles. The van der Waals surface area contributed by atoms with Crippen molar-refractivity contribution in [3.8, 4) is 0 Å². The molecule has 0 saturated heterocycles. The number of halogens is 1. The Hall–Kier alpha value is -0.860. The Morgan fingerprint density at radius 1 is 1.21 bits per heavy atom. The Morgan fingerprint density at radius 3 is 2.62 bits per heavy atom. The highest BCUT2D eigenvalue weighted by molar-refractivity contribution is 14.0. The smallest absolute Gasteiger partial charge is 0.191 e. The third-order valence-electron chi connectivity index (χ3n) is 5.37. The minimum Gasteiger partial charge on any atom is -0.357 e. The minimum absolute atomic E-state index is 0. The lowest BCUT2D eigenvalue weighted by molar-refractivity contribution is 0.400. The zero-order valence-electron chi connectivity index (χ0n) is 14.5. The van der Waals surface area contributed by atoms with Gasteiger partial charge in [-0.25, -0.2) is 4.99 Å². The fourth-order valence-corrected chi connectivity index (χ4v) is 3.80. The van der Waals surface area contributed by atoms with Crippen molar-refractivity contribution in [3.05, 3.63) is 11.6 Å². The largest absolute Gasteiger partial charge is 0.357 e. The molecule has 0 amide bonds. The van der Waals surface area contributed by atoms with Crippen LogP contribution in [0.25, 0.3) is 0 Å². The molecular formula is C17H29IN6. The molecule has 0 bridgehead atoms. The van der Waals surface area contributed by atoms with Gasteiger partial charge < -0.3 is 15.2 Å². The summed E-state index contributed by atoms with van der Waals surface area (Å²) in [5.41, 5.74) is 0. The van der Waals surface area contributed by atoms with Crippen LogP contribution in [0.15, 0.2) is 4.99 Å². The summed E-state index contributed by atoms with van der Waals surface area (Å²) in [5, 5.41) is 15.5. The van der Waals surface area contributed by atoms with Gasteiger partial charge in [-0.2, -0.15) is 0 Å². The van der Waals surface area contributed by atoms with Crippen LogP contribution in [0.2, 0.25) is 0 Å². The summed E-state index contributed by atoms with van der Waals surface area (Å²) in [7, 11) is 0. The number of aromatic nitrogens is 3. The summed E-state index contributed by atoms with van der Waals surface area (Å²) in [4.78, 5) is 4.74. The molecule has 134 valence electrons. The molecule has 2 N–H and O–H groups in total. The van der Waals surface area contributed by atoms with E-state index in [1.807, 2.05) is 0 Å². The van der Waals surface area contributed by atoms with E-state index in [1.165, 1.54) is 32.1 Å². The molecule has 0 spiro atoms. The SMILES string of the molecule is CCNC(=NCc1nnc2n1CCC2)NCC(C1CC1)C1CC1.I. The van der Waals surface area contributed by atoms with Crippen molar-refractivity contribution < 1.29 is 0 Å². The summed E-state index contributed by atoms with van der Waals surface area (Å²) in [6.45, 7) is 5.73. The maximum atomic E-state index is 4.74. The van der Waals surface area contributed by atoms with Crippen LogP contribution in [-0.4, -0.2) is 33.8 Å². The van der Waals surface area contributed by atoms with Crippen LogP contribution in [0.1, 0.15) is 50.7 Å². The highest BCUT2D eigenvalue weighted by atomic mass is 127. The zero-order chi connectivity index (χ0) is 15.6. The van der Waals surface area contributed by atoms with Crippen LogP contribution in [0.3, 0.4) is 0 Å². The molecule has 2 aliphatic carbocycles. The van der Waals surface area contributed by atoms with E-state index in [9.17, 15) is 0 Å². The summed E-state index contributed by atoms with van der Waals surface area (Å²) >= 11 is 0. The zero-order valence-corrected chi connectivity index (χ0v) is 16.8. The van der Waals surface area contributed by atoms with E-state index in [0.717, 1.165) is 61.4 Å². The Labute approximate surface area is 161 Å². The second kappa shape index (κ2) is 8.01. The molecule has 1 aliphatic heterocycles. The van der Waals surface area contributed by atoms with E-state index in [1.54, 1.807) is 0 Å². The lowest BCUT2D eigenvalue weighted by Crippen LogP contribution is -2.40. The molecule has 2 heterocycles. The van der Waals surface area contributed by atoms with Crippen LogP contribution in [0.5, 0.6) is 0 Å². The predicted molar refractivity (Wildman–Crippen MR) is 106 cm³/mol. The average Bonchev–Trinajstić information content (AvgIpc) is 3.46. The van der Waals surface area contributed by atoms with Crippen molar-refractivity contribution >= 4 is 29.9 Å². The molecule has 0 radical (unpaired) electrons. The lowest BCUT2D eigenvalue weighted by Gasteiger charge is -2.18. The van der Waals surface area contributed by atoms with E-state index >= 15 is 0 Å². The first-order valence-corrected chi connectivity index (χ1v) is 9.28. The predicted octanol–water partition coefficient (Wildman–Crippen LogP) is 2.33. The van der Waals surface area contributed by atoms with Gasteiger partial charge in [0.1, 0.15) is 12.4 Å². The molecule has 24 heavy (non-hydrogen) atoms. The number of hydrogen-bond acceptors (Lipinski definition) is 3. The third-order valence-corrected chi connectivity index (χ3v) is 5.37. The first-order chi connectivity index (χ1) is 11.3. The van der Waals surface area contributed by atoms with Crippen LogP contribution in [0.4, 0.5) is 0 Å². The summed E-state index contributed by atoms with van der Waals surface area (Å²) in [5.74, 6) is 5.84. The highest BCUT2D eigenvalue weighted by Crippen LogP contribution is 2.48. The van der Waals surface area contributed by atoms with Gasteiger partial charge in [0, 0.05) is 26.1 Å². The van der Waals surface area contributed by atoms with Crippen molar-refractivity contribution in [1.82, 2.24) is 25.4 Å². The Kier molecular flexibility index (Phi) is 5.99. The van der Waals surface area contributed by atoms with Crippen molar-refractivity contribution in [2.24, 2.45) is 22.7 Å². The standard InChI is InChI=1S/C17H28N6.HI/c1-2-18-17(19-10-14(12-5-6-12)13-7-8-13)20-11-16-22-21-15-4-3-9-23(15)16;/h12-14H,2-11H2,1H3,(H2,18,19,20);1H. The number of aliphatic imine (C=N–C) groups is 1. The Balaban J connectivity index is 0.00000169. The molecule has 3 aliphatic rings. The fourth-order valence-electron chi connectivity index (χ4n) is 3.80. The van der Waals surface area contributed by atoms with Crippen molar-refractivity contribution in [1.29, 1.82) is 0 Å². The van der Waals surface area contributed by atoms with Crippen LogP contribution in [0, 0.1) is 17.8 Å². The maximum absolute atomic E-state index is 4.74. The number of nitrogens with zero attached hydrogens (tertiary/aromatic N) is 4. The van der Waals surface area contributed by atoms with E-state index in [-0.39, 0.29) is 24.0 Å². The quantitative estimate of drug-likeness (QED) is 0.385. The fraction of sp³-hybridized carbons (Fsp3) is 0.824. The molecule has 1 aromatic heterocycles. The highest BCUT2D eigenvalue weighted by Gasteiger charge is 2.41. The van der Waals surface area contributed by atoms with Gasteiger partial charge in [-0.15, -0.1) is 34.2 Å².